The molecule has 8 aromatic rings. The number of aromatic nitrogens is 1. The first-order valence-corrected chi connectivity index (χ1v) is 16.7. The molecule has 0 spiro atoms. The third-order valence-electron chi connectivity index (χ3n) is 11.2. The number of nitrogens with zero attached hydrogens (tertiary/aromatic N) is 1. The lowest BCUT2D eigenvalue weighted by Gasteiger charge is -2.16. The Morgan fingerprint density at radius 3 is 1.96 bits per heavy atom. The summed E-state index contributed by atoms with van der Waals surface area (Å²) in [7, 11) is 0. The minimum atomic E-state index is 0.572. The van der Waals surface area contributed by atoms with Gasteiger partial charge in [-0.3, -0.25) is 0 Å². The highest BCUT2D eigenvalue weighted by molar-refractivity contribution is 6.18. The zero-order valence-electron chi connectivity index (χ0n) is 25.6. The summed E-state index contributed by atoms with van der Waals surface area (Å²) in [6, 6.07) is 50.7. The molecule has 0 bridgehead atoms. The molecule has 0 atom stereocenters. The molecule has 11 rings (SSSR count). The van der Waals surface area contributed by atoms with E-state index >= 15 is 0 Å². The molecule has 1 heteroatoms. The van der Waals surface area contributed by atoms with Crippen LogP contribution >= 0.6 is 0 Å². The Morgan fingerprint density at radius 1 is 0.435 bits per heavy atom. The molecule has 0 fully saturated rings. The molecule has 3 aliphatic rings. The first-order chi connectivity index (χ1) is 22.8. The Kier molecular flexibility index (Phi) is 4.91. The first kappa shape index (κ1) is 24.9. The molecule has 0 N–H and O–H groups in total. The monoisotopic (exact) mass is 585 g/mol. The van der Waals surface area contributed by atoms with E-state index in [1.54, 1.807) is 0 Å². The van der Waals surface area contributed by atoms with Gasteiger partial charge in [-0.25, -0.2) is 0 Å². The molecule has 0 radical (unpaired) electrons. The van der Waals surface area contributed by atoms with Gasteiger partial charge in [0.05, 0.1) is 16.7 Å². The van der Waals surface area contributed by atoms with E-state index in [2.05, 4.69) is 138 Å². The summed E-state index contributed by atoms with van der Waals surface area (Å²) in [5.74, 6) is 0.572. The maximum atomic E-state index is 2.55. The van der Waals surface area contributed by atoms with E-state index in [1.165, 1.54) is 99.5 Å². The molecular weight excluding hydrogens is 555 g/mol. The highest BCUT2D eigenvalue weighted by Crippen LogP contribution is 2.49. The van der Waals surface area contributed by atoms with Crippen molar-refractivity contribution < 1.29 is 0 Å². The van der Waals surface area contributed by atoms with Crippen LogP contribution in [0.1, 0.15) is 44.9 Å². The second kappa shape index (κ2) is 9.08. The summed E-state index contributed by atoms with van der Waals surface area (Å²) >= 11 is 0. The van der Waals surface area contributed by atoms with Gasteiger partial charge in [0, 0.05) is 16.2 Å². The number of rotatable bonds is 2. The summed E-state index contributed by atoms with van der Waals surface area (Å²) in [4.78, 5) is 0. The average Bonchev–Trinajstić information content (AvgIpc) is 3.87. The fraction of sp³-hybridized carbons (Fsp3) is 0.111. The second-order valence-corrected chi connectivity index (χ2v) is 13.6. The van der Waals surface area contributed by atoms with Crippen LogP contribution in [0.4, 0.5) is 0 Å². The van der Waals surface area contributed by atoms with Gasteiger partial charge in [-0.1, -0.05) is 115 Å². The Balaban J connectivity index is 1.12. The Bertz CT molecular complexity index is 2570. The van der Waals surface area contributed by atoms with Crippen molar-refractivity contribution in [1.29, 1.82) is 0 Å². The molecule has 216 valence electrons. The van der Waals surface area contributed by atoms with Crippen LogP contribution in [0.5, 0.6) is 0 Å². The molecule has 46 heavy (non-hydrogen) atoms. The quantitative estimate of drug-likeness (QED) is 0.190. The fourth-order valence-corrected chi connectivity index (χ4v) is 9.25. The summed E-state index contributed by atoms with van der Waals surface area (Å²) in [6.45, 7) is 0. The molecule has 0 saturated carbocycles. The predicted octanol–water partition coefficient (Wildman–Crippen LogP) is 11.0. The van der Waals surface area contributed by atoms with Gasteiger partial charge in [0.25, 0.3) is 0 Å². The largest absolute Gasteiger partial charge is 0.309 e. The summed E-state index contributed by atoms with van der Waals surface area (Å²) in [6.07, 6.45) is 4.29. The maximum absolute atomic E-state index is 2.55. The Hall–Kier alpha value is -5.40. The van der Waals surface area contributed by atoms with Gasteiger partial charge < -0.3 is 4.57 Å². The van der Waals surface area contributed by atoms with E-state index in [0.29, 0.717) is 5.92 Å². The van der Waals surface area contributed by atoms with Crippen molar-refractivity contribution in [3.05, 3.63) is 172 Å². The topological polar surface area (TPSA) is 4.93 Å². The van der Waals surface area contributed by atoms with Crippen molar-refractivity contribution in [2.75, 3.05) is 0 Å². The standard InChI is InChI=1S/C45H31N/c1-2-10-28-22-32(21-27(28)9-1)29-17-19-36-33(23-29)25-34-26-42(37-13-5-6-14-38(37)43(34)36)46-40-16-8-7-15-39(40)45-41(46)20-18-31-24-30-11-3-4-12-35(30)44(31)45/h1-20,23,26,32H,21-22,24-25H2. The number of hydrogen-bond donors (Lipinski definition) is 0. The first-order valence-electron chi connectivity index (χ1n) is 16.7. The molecule has 0 unspecified atom stereocenters. The SMILES string of the molecule is c1ccc2c(c1)CC(c1ccc3c(c1)Cc1cc(-n4c5ccccc5c5c6c(ccc54)Cc4ccccc4-6)c4ccccc4c1-3)C2. The van der Waals surface area contributed by atoms with Crippen LogP contribution in [0.2, 0.25) is 0 Å². The van der Waals surface area contributed by atoms with Crippen molar-refractivity contribution in [3.63, 3.8) is 0 Å². The van der Waals surface area contributed by atoms with Crippen molar-refractivity contribution in [2.24, 2.45) is 0 Å². The zero-order chi connectivity index (χ0) is 29.9. The van der Waals surface area contributed by atoms with Gasteiger partial charge >= 0.3 is 0 Å². The smallest absolute Gasteiger partial charge is 0.0547 e. The highest BCUT2D eigenvalue weighted by Gasteiger charge is 2.29. The van der Waals surface area contributed by atoms with E-state index in [4.69, 9.17) is 0 Å². The number of hydrogen-bond acceptors (Lipinski definition) is 0. The van der Waals surface area contributed by atoms with Crippen LogP contribution in [0, 0.1) is 0 Å². The lowest BCUT2D eigenvalue weighted by molar-refractivity contribution is 0.741. The fourth-order valence-electron chi connectivity index (χ4n) is 9.25. The van der Waals surface area contributed by atoms with Gasteiger partial charge in [0.2, 0.25) is 0 Å². The third-order valence-corrected chi connectivity index (χ3v) is 11.2. The lowest BCUT2D eigenvalue weighted by Crippen LogP contribution is -1.98. The number of benzene rings is 7. The second-order valence-electron chi connectivity index (χ2n) is 13.6. The van der Waals surface area contributed by atoms with Crippen LogP contribution in [0.25, 0.3) is 60.5 Å². The van der Waals surface area contributed by atoms with Crippen molar-refractivity contribution in [3.8, 4) is 27.9 Å². The van der Waals surface area contributed by atoms with E-state index in [-0.39, 0.29) is 0 Å². The summed E-state index contributed by atoms with van der Waals surface area (Å²) in [5, 5.41) is 5.38. The molecular formula is C45H31N. The molecule has 7 aromatic carbocycles. The molecule has 0 aliphatic heterocycles. The zero-order valence-corrected chi connectivity index (χ0v) is 25.6. The Morgan fingerprint density at radius 2 is 1.11 bits per heavy atom. The summed E-state index contributed by atoms with van der Waals surface area (Å²) in [5.41, 5.74) is 19.8. The van der Waals surface area contributed by atoms with Gasteiger partial charge in [0.1, 0.15) is 0 Å². The van der Waals surface area contributed by atoms with Gasteiger partial charge in [-0.15, -0.1) is 0 Å². The van der Waals surface area contributed by atoms with E-state index in [0.717, 1.165) is 25.7 Å². The van der Waals surface area contributed by atoms with Gasteiger partial charge in [0.15, 0.2) is 0 Å². The van der Waals surface area contributed by atoms with E-state index in [9.17, 15) is 0 Å². The average molecular weight is 586 g/mol. The normalized spacial score (nSPS) is 14.5. The van der Waals surface area contributed by atoms with Crippen molar-refractivity contribution in [1.82, 2.24) is 4.57 Å². The number of para-hydroxylation sites is 1. The van der Waals surface area contributed by atoms with Gasteiger partial charge in [-0.05, 0) is 116 Å². The minimum Gasteiger partial charge on any atom is -0.309 e. The molecule has 1 heterocycles. The van der Waals surface area contributed by atoms with Crippen LogP contribution in [-0.2, 0) is 25.7 Å². The van der Waals surface area contributed by atoms with E-state index < -0.39 is 0 Å². The molecule has 1 aromatic heterocycles. The predicted molar refractivity (Wildman–Crippen MR) is 191 cm³/mol. The minimum absolute atomic E-state index is 0.572. The van der Waals surface area contributed by atoms with E-state index in [1.807, 2.05) is 0 Å². The van der Waals surface area contributed by atoms with Crippen LogP contribution in [0.15, 0.2) is 133 Å². The molecule has 1 nitrogen and oxygen atoms in total. The third kappa shape index (κ3) is 3.30. The summed E-state index contributed by atoms with van der Waals surface area (Å²) < 4.78 is 2.55. The lowest BCUT2D eigenvalue weighted by atomic mass is 9.92. The molecule has 0 saturated heterocycles. The molecule has 3 aliphatic carbocycles. The van der Waals surface area contributed by atoms with Crippen LogP contribution in [-0.4, -0.2) is 4.57 Å². The van der Waals surface area contributed by atoms with Gasteiger partial charge in [-0.2, -0.15) is 0 Å². The maximum Gasteiger partial charge on any atom is 0.0547 e. The van der Waals surface area contributed by atoms with Crippen molar-refractivity contribution >= 4 is 32.6 Å². The molecule has 0 amide bonds. The number of fused-ring (bicyclic) bond motifs is 13. The Labute approximate surface area is 268 Å². The van der Waals surface area contributed by atoms with Crippen LogP contribution in [0.3, 0.4) is 0 Å². The van der Waals surface area contributed by atoms with Crippen LogP contribution < -0.4 is 0 Å². The van der Waals surface area contributed by atoms with Crippen molar-refractivity contribution in [2.45, 2.75) is 31.6 Å². The highest BCUT2D eigenvalue weighted by atomic mass is 15.0.